The minimum atomic E-state index is -0.245. The third kappa shape index (κ3) is 9.20. The van der Waals surface area contributed by atoms with Gasteiger partial charge in [-0.2, -0.15) is 0 Å². The van der Waals surface area contributed by atoms with Gasteiger partial charge in [-0.15, -0.1) is 0 Å². The summed E-state index contributed by atoms with van der Waals surface area (Å²) in [6.45, 7) is 21.1. The van der Waals surface area contributed by atoms with E-state index in [-0.39, 0.29) is 23.0 Å². The lowest BCUT2D eigenvalue weighted by Crippen LogP contribution is -2.61. The molecule has 2 aliphatic heterocycles. The Kier molecular flexibility index (Phi) is 12.7. The van der Waals surface area contributed by atoms with Gasteiger partial charge in [0.05, 0.1) is 11.4 Å². The molecule has 13 rings (SSSR count). The van der Waals surface area contributed by atoms with Gasteiger partial charge < -0.3 is 9.80 Å². The summed E-state index contributed by atoms with van der Waals surface area (Å²) < 4.78 is 0. The van der Waals surface area contributed by atoms with Gasteiger partial charge in [0.1, 0.15) is 0 Å². The molecule has 0 N–H and O–H groups in total. The Morgan fingerprint density at radius 1 is 0.259 bits per heavy atom. The molecular formula is C78H69BN2. The Hall–Kier alpha value is -8.92. The molecule has 0 aromatic heterocycles. The monoisotopic (exact) mass is 1040 g/mol. The number of rotatable bonds is 8. The standard InChI is InChI=1S/C78H69BN2/c1-76(2,3)59-43-44-61(66(49-59)78(7,8)9)58-42-46-68-70(48-58)81(75-64(55-33-21-13-22-34-55)39-26-40-65(75)56-35-23-14-24-36-56)72-51-60(77(4,5)6)50-71-73(72)79(68)67-45-41-57(52-27-15-10-16-28-52)47-69(67)80(71)74-62(53-29-17-11-18-30-53)37-25-38-63(74)54-31-19-12-20-32-54/h10-51H,1-9H3. The van der Waals surface area contributed by atoms with Gasteiger partial charge in [0.15, 0.2) is 0 Å². The van der Waals surface area contributed by atoms with E-state index in [1.807, 2.05) is 0 Å². The highest BCUT2D eigenvalue weighted by Crippen LogP contribution is 2.54. The molecule has 11 aromatic rings. The van der Waals surface area contributed by atoms with Crippen LogP contribution >= 0.6 is 0 Å². The highest BCUT2D eigenvalue weighted by Gasteiger charge is 2.46. The molecule has 0 radical (unpaired) electrons. The van der Waals surface area contributed by atoms with Crippen molar-refractivity contribution >= 4 is 57.2 Å². The summed E-state index contributed by atoms with van der Waals surface area (Å²) >= 11 is 0. The van der Waals surface area contributed by atoms with E-state index in [2.05, 4.69) is 327 Å². The molecule has 0 fully saturated rings. The highest BCUT2D eigenvalue weighted by molar-refractivity contribution is 7.00. The molecule has 0 amide bonds. The zero-order chi connectivity index (χ0) is 55.8. The summed E-state index contributed by atoms with van der Waals surface area (Å²) in [5, 5.41) is 0. The van der Waals surface area contributed by atoms with Crippen LogP contribution in [-0.4, -0.2) is 6.71 Å². The first-order valence-electron chi connectivity index (χ1n) is 28.9. The Balaban J connectivity index is 1.21. The number of para-hydroxylation sites is 2. The summed E-state index contributed by atoms with van der Waals surface area (Å²) in [5.74, 6) is 0. The van der Waals surface area contributed by atoms with Crippen molar-refractivity contribution in [1.82, 2.24) is 0 Å². The summed E-state index contributed by atoms with van der Waals surface area (Å²) in [6, 6.07) is 96.0. The lowest BCUT2D eigenvalue weighted by atomic mass is 9.33. The average Bonchev–Trinajstić information content (AvgIpc) is 3.67. The summed E-state index contributed by atoms with van der Waals surface area (Å²) in [4.78, 5) is 5.36. The third-order valence-electron chi connectivity index (χ3n) is 16.9. The predicted molar refractivity (Wildman–Crippen MR) is 349 cm³/mol. The molecule has 0 unspecified atom stereocenters. The number of hydrogen-bond donors (Lipinski definition) is 0. The second-order valence-corrected chi connectivity index (χ2v) is 25.3. The van der Waals surface area contributed by atoms with E-state index in [0.717, 1.165) is 11.4 Å². The van der Waals surface area contributed by atoms with E-state index in [0.29, 0.717) is 0 Å². The Morgan fingerprint density at radius 2 is 0.630 bits per heavy atom. The second kappa shape index (κ2) is 20.0. The van der Waals surface area contributed by atoms with E-state index >= 15 is 0 Å². The maximum atomic E-state index is 2.69. The largest absolute Gasteiger partial charge is 0.310 e. The first-order valence-corrected chi connectivity index (χ1v) is 28.9. The Labute approximate surface area is 481 Å². The van der Waals surface area contributed by atoms with Crippen LogP contribution in [0.3, 0.4) is 0 Å². The second-order valence-electron chi connectivity index (χ2n) is 25.3. The fourth-order valence-corrected chi connectivity index (χ4v) is 12.7. The normalized spacial score (nSPS) is 12.9. The Bertz CT molecular complexity index is 4030. The van der Waals surface area contributed by atoms with Crippen LogP contribution in [-0.2, 0) is 16.2 Å². The molecular weight excluding hydrogens is 976 g/mol. The molecule has 0 aliphatic carbocycles. The van der Waals surface area contributed by atoms with Gasteiger partial charge >= 0.3 is 0 Å². The smallest absolute Gasteiger partial charge is 0.252 e. The minimum absolute atomic E-state index is 0.00154. The van der Waals surface area contributed by atoms with E-state index in [9.17, 15) is 0 Å². The maximum Gasteiger partial charge on any atom is 0.252 e. The van der Waals surface area contributed by atoms with Crippen LogP contribution in [0.2, 0.25) is 0 Å². The molecule has 0 saturated heterocycles. The van der Waals surface area contributed by atoms with Crippen LogP contribution in [0.1, 0.15) is 79.0 Å². The van der Waals surface area contributed by atoms with Crippen molar-refractivity contribution in [3.63, 3.8) is 0 Å². The van der Waals surface area contributed by atoms with Gasteiger partial charge in [-0.05, 0) is 118 Å². The van der Waals surface area contributed by atoms with Gasteiger partial charge in [0.25, 0.3) is 6.71 Å². The van der Waals surface area contributed by atoms with Crippen molar-refractivity contribution in [2.45, 2.75) is 78.6 Å². The average molecular weight is 1050 g/mol. The zero-order valence-electron chi connectivity index (χ0n) is 48.2. The SMILES string of the molecule is CC(C)(C)c1cc2c3c(c1)N(c1c(-c4ccccc4)cccc1-c1ccccc1)c1cc(-c4ccc(C(C)(C)C)cc4C(C)(C)C)ccc1B3c1ccc(-c3ccccc3)cc1N2c1c(-c2ccccc2)cccc1-c1ccccc1. The van der Waals surface area contributed by atoms with E-state index in [1.54, 1.807) is 0 Å². The van der Waals surface area contributed by atoms with Gasteiger partial charge in [0.2, 0.25) is 0 Å². The predicted octanol–water partition coefficient (Wildman–Crippen LogP) is 19.7. The zero-order valence-corrected chi connectivity index (χ0v) is 48.2. The highest BCUT2D eigenvalue weighted by atomic mass is 15.2. The molecule has 0 spiro atoms. The third-order valence-corrected chi connectivity index (χ3v) is 16.9. The summed E-state index contributed by atoms with van der Waals surface area (Å²) in [6.07, 6.45) is 0. The van der Waals surface area contributed by atoms with Crippen LogP contribution in [0.4, 0.5) is 34.1 Å². The number of nitrogens with zero attached hydrogens (tertiary/aromatic N) is 2. The maximum absolute atomic E-state index is 2.69. The Morgan fingerprint density at radius 3 is 1.01 bits per heavy atom. The van der Waals surface area contributed by atoms with Gasteiger partial charge in [-0.25, -0.2) is 0 Å². The molecule has 11 aromatic carbocycles. The molecule has 3 heteroatoms. The van der Waals surface area contributed by atoms with Crippen molar-refractivity contribution < 1.29 is 0 Å². The number of hydrogen-bond acceptors (Lipinski definition) is 2. The molecule has 81 heavy (non-hydrogen) atoms. The van der Waals surface area contributed by atoms with Crippen molar-refractivity contribution in [1.29, 1.82) is 0 Å². The van der Waals surface area contributed by atoms with Crippen LogP contribution in [0.25, 0.3) is 66.8 Å². The fourth-order valence-electron chi connectivity index (χ4n) is 12.7. The van der Waals surface area contributed by atoms with Crippen molar-refractivity contribution in [3.8, 4) is 66.8 Å². The number of fused-ring (bicyclic) bond motifs is 4. The molecule has 0 bridgehead atoms. The summed E-state index contributed by atoms with van der Waals surface area (Å²) in [7, 11) is 0. The summed E-state index contributed by atoms with van der Waals surface area (Å²) in [5.41, 5.74) is 28.7. The van der Waals surface area contributed by atoms with E-state index < -0.39 is 0 Å². The molecule has 2 nitrogen and oxygen atoms in total. The van der Waals surface area contributed by atoms with Crippen LogP contribution in [0.15, 0.2) is 255 Å². The number of anilines is 6. The molecule has 0 atom stereocenters. The van der Waals surface area contributed by atoms with Crippen LogP contribution in [0.5, 0.6) is 0 Å². The molecule has 2 aliphatic rings. The molecule has 2 heterocycles. The first-order chi connectivity index (χ1) is 39.1. The molecule has 394 valence electrons. The first kappa shape index (κ1) is 51.5. The lowest BCUT2D eigenvalue weighted by Gasteiger charge is -2.46. The minimum Gasteiger partial charge on any atom is -0.310 e. The lowest BCUT2D eigenvalue weighted by molar-refractivity contribution is 0.570. The van der Waals surface area contributed by atoms with Crippen LogP contribution in [0, 0.1) is 0 Å². The molecule has 0 saturated carbocycles. The number of benzene rings is 11. The topological polar surface area (TPSA) is 6.48 Å². The van der Waals surface area contributed by atoms with Gasteiger partial charge in [-0.1, -0.05) is 293 Å². The van der Waals surface area contributed by atoms with Gasteiger partial charge in [0, 0.05) is 45.0 Å². The van der Waals surface area contributed by atoms with E-state index in [4.69, 9.17) is 0 Å². The van der Waals surface area contributed by atoms with Crippen molar-refractivity contribution in [3.05, 3.63) is 271 Å². The van der Waals surface area contributed by atoms with E-state index in [1.165, 1.54) is 123 Å². The van der Waals surface area contributed by atoms with Gasteiger partial charge in [-0.3, -0.25) is 0 Å². The van der Waals surface area contributed by atoms with Crippen LogP contribution < -0.4 is 26.2 Å². The fraction of sp³-hybridized carbons (Fsp3) is 0.154. The quantitative estimate of drug-likeness (QED) is 0.140. The van der Waals surface area contributed by atoms with Crippen molar-refractivity contribution in [2.24, 2.45) is 0 Å². The van der Waals surface area contributed by atoms with Crippen molar-refractivity contribution in [2.75, 3.05) is 9.80 Å².